The van der Waals surface area contributed by atoms with Crippen LogP contribution in [0.2, 0.25) is 0 Å². The Morgan fingerprint density at radius 3 is 2.81 bits per heavy atom. The number of benzene rings is 1. The molecule has 108 valence electrons. The van der Waals surface area contributed by atoms with Crippen LogP contribution in [0.15, 0.2) is 36.7 Å². The van der Waals surface area contributed by atoms with E-state index >= 15 is 0 Å². The number of aryl methyl sites for hydroxylation is 2. The lowest BCUT2D eigenvalue weighted by Crippen LogP contribution is -2.45. The molecule has 3 rings (SSSR count). The van der Waals surface area contributed by atoms with Crippen molar-refractivity contribution in [3.63, 3.8) is 0 Å². The zero-order valence-electron chi connectivity index (χ0n) is 12.4. The smallest absolute Gasteiger partial charge is 0.272 e. The van der Waals surface area contributed by atoms with E-state index in [4.69, 9.17) is 0 Å². The molecule has 4 heteroatoms. The van der Waals surface area contributed by atoms with E-state index < -0.39 is 0 Å². The number of fused-ring (bicyclic) bond motifs is 1. The highest BCUT2D eigenvalue weighted by molar-refractivity contribution is 5.92. The quantitative estimate of drug-likeness (QED) is 0.921. The average molecular weight is 281 g/mol. The van der Waals surface area contributed by atoms with Crippen LogP contribution in [-0.2, 0) is 12.0 Å². The van der Waals surface area contributed by atoms with Gasteiger partial charge in [-0.25, -0.2) is 4.98 Å². The van der Waals surface area contributed by atoms with Gasteiger partial charge in [-0.05, 0) is 44.2 Å². The van der Waals surface area contributed by atoms with Gasteiger partial charge in [-0.1, -0.05) is 24.3 Å². The molecule has 1 N–H and O–H groups in total. The van der Waals surface area contributed by atoms with Crippen molar-refractivity contribution < 1.29 is 4.79 Å². The van der Waals surface area contributed by atoms with Gasteiger partial charge in [-0.15, -0.1) is 0 Å². The van der Waals surface area contributed by atoms with Crippen molar-refractivity contribution in [1.29, 1.82) is 0 Å². The highest BCUT2D eigenvalue weighted by Crippen LogP contribution is 2.34. The van der Waals surface area contributed by atoms with Crippen LogP contribution in [0.5, 0.6) is 0 Å². The molecule has 2 aromatic rings. The first kappa shape index (κ1) is 13.7. The van der Waals surface area contributed by atoms with Crippen molar-refractivity contribution in [2.24, 2.45) is 0 Å². The molecule has 1 aliphatic carbocycles. The molecule has 1 amide bonds. The molecule has 4 nitrogen and oxygen atoms in total. The maximum atomic E-state index is 12.4. The predicted molar refractivity (Wildman–Crippen MR) is 81.0 cm³/mol. The number of hydrogen-bond donors (Lipinski definition) is 1. The zero-order chi connectivity index (χ0) is 14.9. The van der Waals surface area contributed by atoms with Gasteiger partial charge in [-0.3, -0.25) is 9.78 Å². The van der Waals surface area contributed by atoms with E-state index in [0.29, 0.717) is 5.69 Å². The first-order chi connectivity index (χ1) is 10.1. The first-order valence-corrected chi connectivity index (χ1v) is 7.28. The zero-order valence-corrected chi connectivity index (χ0v) is 12.4. The Hall–Kier alpha value is -2.23. The molecule has 0 saturated heterocycles. The summed E-state index contributed by atoms with van der Waals surface area (Å²) in [6.45, 7) is 3.94. The lowest BCUT2D eigenvalue weighted by atomic mass is 9.77. The van der Waals surface area contributed by atoms with Crippen molar-refractivity contribution in [2.45, 2.75) is 38.6 Å². The molecule has 0 saturated carbocycles. The largest absolute Gasteiger partial charge is 0.341 e. The minimum Gasteiger partial charge on any atom is -0.341 e. The van der Waals surface area contributed by atoms with E-state index in [0.717, 1.165) is 25.0 Å². The number of aromatic nitrogens is 2. The second-order valence-electron chi connectivity index (χ2n) is 5.84. The molecule has 0 unspecified atom stereocenters. The molecular formula is C17H19N3O. The van der Waals surface area contributed by atoms with E-state index in [1.54, 1.807) is 6.20 Å². The molecule has 1 aromatic carbocycles. The Morgan fingerprint density at radius 1 is 1.24 bits per heavy atom. The summed E-state index contributed by atoms with van der Waals surface area (Å²) in [5, 5.41) is 3.15. The standard InChI is InChI=1S/C17H19N3O/c1-12-10-19-15(11-18-12)16(21)20-17(2)9-5-7-13-6-3-4-8-14(13)17/h3-4,6,8,10-11H,5,7,9H2,1-2H3,(H,20,21)/t17-/m1/s1. The van der Waals surface area contributed by atoms with Crippen LogP contribution in [0.1, 0.15) is 47.1 Å². The van der Waals surface area contributed by atoms with Gasteiger partial charge in [0.25, 0.3) is 5.91 Å². The van der Waals surface area contributed by atoms with Crippen molar-refractivity contribution in [3.05, 3.63) is 59.2 Å². The number of carbonyl (C=O) groups excluding carboxylic acids is 1. The second kappa shape index (κ2) is 5.28. The lowest BCUT2D eigenvalue weighted by molar-refractivity contribution is 0.0889. The van der Waals surface area contributed by atoms with Gasteiger partial charge in [0.05, 0.1) is 17.4 Å². The molecule has 0 aliphatic heterocycles. The molecule has 1 aliphatic rings. The van der Waals surface area contributed by atoms with E-state index in [-0.39, 0.29) is 11.4 Å². The molecular weight excluding hydrogens is 262 g/mol. The summed E-state index contributed by atoms with van der Waals surface area (Å²) in [6.07, 6.45) is 6.24. The Labute approximate surface area is 124 Å². The van der Waals surface area contributed by atoms with Crippen molar-refractivity contribution in [3.8, 4) is 0 Å². The molecule has 0 radical (unpaired) electrons. The summed E-state index contributed by atoms with van der Waals surface area (Å²) in [6, 6.07) is 8.33. The highest BCUT2D eigenvalue weighted by Gasteiger charge is 2.33. The fourth-order valence-electron chi connectivity index (χ4n) is 3.00. The molecule has 1 aromatic heterocycles. The Kier molecular flexibility index (Phi) is 3.45. The highest BCUT2D eigenvalue weighted by atomic mass is 16.2. The minimum absolute atomic E-state index is 0.165. The molecule has 0 spiro atoms. The number of carbonyl (C=O) groups is 1. The molecule has 1 heterocycles. The van der Waals surface area contributed by atoms with Crippen LogP contribution in [0.4, 0.5) is 0 Å². The van der Waals surface area contributed by atoms with E-state index in [9.17, 15) is 4.79 Å². The third kappa shape index (κ3) is 2.66. The number of amides is 1. The Balaban J connectivity index is 1.87. The molecule has 0 bridgehead atoms. The number of nitrogens with one attached hydrogen (secondary N) is 1. The van der Waals surface area contributed by atoms with Gasteiger partial charge in [0, 0.05) is 6.20 Å². The monoisotopic (exact) mass is 281 g/mol. The Morgan fingerprint density at radius 2 is 2.05 bits per heavy atom. The summed E-state index contributed by atoms with van der Waals surface area (Å²) < 4.78 is 0. The van der Waals surface area contributed by atoms with Crippen LogP contribution in [0.25, 0.3) is 0 Å². The second-order valence-corrected chi connectivity index (χ2v) is 5.84. The number of rotatable bonds is 2. The molecule has 0 fully saturated rings. The summed E-state index contributed by atoms with van der Waals surface area (Å²) in [4.78, 5) is 20.7. The van der Waals surface area contributed by atoms with Crippen LogP contribution in [-0.4, -0.2) is 15.9 Å². The topological polar surface area (TPSA) is 54.9 Å². The summed E-state index contributed by atoms with van der Waals surface area (Å²) in [5.74, 6) is -0.165. The maximum absolute atomic E-state index is 12.4. The van der Waals surface area contributed by atoms with Gasteiger partial charge < -0.3 is 5.32 Å². The van der Waals surface area contributed by atoms with Crippen LogP contribution in [0, 0.1) is 6.92 Å². The van der Waals surface area contributed by atoms with Gasteiger partial charge in [-0.2, -0.15) is 0 Å². The van der Waals surface area contributed by atoms with Crippen molar-refractivity contribution in [2.75, 3.05) is 0 Å². The van der Waals surface area contributed by atoms with Crippen LogP contribution < -0.4 is 5.32 Å². The third-order valence-corrected chi connectivity index (χ3v) is 4.14. The SMILES string of the molecule is Cc1cnc(C(=O)N[C@]2(C)CCCc3ccccc32)cn1. The van der Waals surface area contributed by atoms with Gasteiger partial charge in [0.2, 0.25) is 0 Å². The predicted octanol–water partition coefficient (Wildman–Crippen LogP) is 2.77. The average Bonchev–Trinajstić information content (AvgIpc) is 2.48. The van der Waals surface area contributed by atoms with Gasteiger partial charge >= 0.3 is 0 Å². The van der Waals surface area contributed by atoms with Crippen molar-refractivity contribution >= 4 is 5.91 Å². The van der Waals surface area contributed by atoms with Crippen LogP contribution >= 0.6 is 0 Å². The van der Waals surface area contributed by atoms with E-state index in [1.165, 1.54) is 17.3 Å². The summed E-state index contributed by atoms with van der Waals surface area (Å²) >= 11 is 0. The normalized spacial score (nSPS) is 20.7. The van der Waals surface area contributed by atoms with E-state index in [2.05, 4.69) is 40.4 Å². The minimum atomic E-state index is -0.335. The van der Waals surface area contributed by atoms with Crippen LogP contribution in [0.3, 0.4) is 0 Å². The van der Waals surface area contributed by atoms with Gasteiger partial charge in [0.1, 0.15) is 5.69 Å². The maximum Gasteiger partial charge on any atom is 0.272 e. The first-order valence-electron chi connectivity index (χ1n) is 7.28. The number of nitrogens with zero attached hydrogens (tertiary/aromatic N) is 2. The number of hydrogen-bond acceptors (Lipinski definition) is 3. The molecule has 21 heavy (non-hydrogen) atoms. The fraction of sp³-hybridized carbons (Fsp3) is 0.353. The lowest BCUT2D eigenvalue weighted by Gasteiger charge is -2.36. The van der Waals surface area contributed by atoms with Crippen molar-refractivity contribution in [1.82, 2.24) is 15.3 Å². The third-order valence-electron chi connectivity index (χ3n) is 4.14. The summed E-state index contributed by atoms with van der Waals surface area (Å²) in [5.41, 5.74) is 3.37. The van der Waals surface area contributed by atoms with E-state index in [1.807, 2.05) is 13.0 Å². The fourth-order valence-corrected chi connectivity index (χ4v) is 3.00. The molecule has 1 atom stereocenters. The van der Waals surface area contributed by atoms with Gasteiger partial charge in [0.15, 0.2) is 0 Å². The summed E-state index contributed by atoms with van der Waals surface area (Å²) in [7, 11) is 0. The Bertz CT molecular complexity index is 666.